The lowest BCUT2D eigenvalue weighted by molar-refractivity contribution is 0.321. The predicted molar refractivity (Wildman–Crippen MR) is 438 cm³/mol. The Morgan fingerprint density at radius 1 is 0.286 bits per heavy atom. The molecule has 112 heavy (non-hydrogen) atoms. The smallest absolute Gasteiger partial charge is 0.137 e. The van der Waals surface area contributed by atoms with Crippen molar-refractivity contribution < 1.29 is 0 Å². The molecule has 8 atom stereocenters. The molecule has 4 aliphatic rings. The number of pyridine rings is 11. The standard InChI is InChI=1S/3C23H23N5.C22H24N6/c1-16-6-4-13-25-23(16)19-9-2-8-18(26-19)20-15-28-21(10-3-11-22(28)27-20)17-7-5-12-24-14-17;1-16-5-4-12-25-23(16)19-7-2-6-18(26-19)20-15-28-21(8-3-9-22(28)27-20)17-10-13-24-14-11-17;1-16-7-6-14-25-23(16)19-10-4-9-17(26-19)20-15-28-21(11-5-12-22(28)27-20)18-8-2-3-13-24-18;1-15-6-5-11-24-22(15)17-8-3-7-16(25-17)18-13-28-19(9-4-10-21(28)26-18)20-12-23-14-27(20)2/h3-7,10-15,18-19,26H,2,8-9H2,1H3;3-5,8-15,18-19,26H,2,6-7H2,1H3;2-3,5-8,11-15,17,19,26H,4,9-10H2,1H3;4-6,9-14,16-17,25H,3,7-8H2,1-2H3/t2*18-,19+;17-,19+;16-,17+/m1111/s1. The summed E-state index contributed by atoms with van der Waals surface area (Å²) in [7, 11) is 2.02. The van der Waals surface area contributed by atoms with E-state index in [1.165, 1.54) is 47.9 Å². The van der Waals surface area contributed by atoms with Crippen molar-refractivity contribution in [2.45, 2.75) is 153 Å². The van der Waals surface area contributed by atoms with Crippen molar-refractivity contribution in [3.8, 4) is 45.3 Å². The molecule has 16 aromatic rings. The molecule has 4 N–H and O–H groups in total. The van der Waals surface area contributed by atoms with E-state index in [2.05, 4.69) is 228 Å². The van der Waals surface area contributed by atoms with Crippen LogP contribution in [0.3, 0.4) is 0 Å². The fraction of sp³-hybridized carbons (Fsp3) is 0.275. The van der Waals surface area contributed by atoms with Gasteiger partial charge in [-0.25, -0.2) is 24.9 Å². The number of piperidine rings is 4. The van der Waals surface area contributed by atoms with Gasteiger partial charge >= 0.3 is 0 Å². The molecule has 21 heteroatoms. The first-order chi connectivity index (χ1) is 55.1. The van der Waals surface area contributed by atoms with Crippen LogP contribution in [0.4, 0.5) is 0 Å². The van der Waals surface area contributed by atoms with Crippen LogP contribution in [0, 0.1) is 27.7 Å². The van der Waals surface area contributed by atoms with Gasteiger partial charge in [0.1, 0.15) is 22.6 Å². The second-order valence-corrected chi connectivity index (χ2v) is 29.9. The van der Waals surface area contributed by atoms with E-state index in [9.17, 15) is 0 Å². The molecule has 0 radical (unpaired) electrons. The van der Waals surface area contributed by atoms with Crippen LogP contribution >= 0.6 is 0 Å². The van der Waals surface area contributed by atoms with E-state index < -0.39 is 0 Å². The molecule has 0 spiro atoms. The number of fused-ring (bicyclic) bond motifs is 4. The van der Waals surface area contributed by atoms with Crippen LogP contribution in [0.25, 0.3) is 67.9 Å². The van der Waals surface area contributed by atoms with Crippen molar-refractivity contribution in [3.63, 3.8) is 0 Å². The Morgan fingerprint density at radius 2 is 0.652 bits per heavy atom. The predicted octanol–water partition coefficient (Wildman–Crippen LogP) is 18.0. The summed E-state index contributed by atoms with van der Waals surface area (Å²) in [5.41, 5.74) is 26.5. The summed E-state index contributed by atoms with van der Waals surface area (Å²) in [6.45, 7) is 8.55. The Labute approximate surface area is 652 Å². The summed E-state index contributed by atoms with van der Waals surface area (Å²) >= 11 is 0. The molecule has 20 heterocycles. The van der Waals surface area contributed by atoms with Gasteiger partial charge < -0.3 is 25.8 Å². The van der Waals surface area contributed by atoms with Crippen LogP contribution in [-0.2, 0) is 7.05 Å². The van der Waals surface area contributed by atoms with Gasteiger partial charge in [-0.05, 0) is 236 Å². The zero-order valence-corrected chi connectivity index (χ0v) is 64.0. The average molecular weight is 1480 g/mol. The lowest BCUT2D eigenvalue weighted by Gasteiger charge is -2.30. The average Bonchev–Trinajstić information content (AvgIpc) is 1.66. The lowest BCUT2D eigenvalue weighted by Crippen LogP contribution is -2.32. The van der Waals surface area contributed by atoms with Gasteiger partial charge in [0.25, 0.3) is 0 Å². The maximum absolute atomic E-state index is 4.94. The molecule has 562 valence electrons. The number of imidazole rings is 5. The topological polar surface area (TPSA) is 225 Å². The molecule has 0 aliphatic carbocycles. The van der Waals surface area contributed by atoms with Crippen LogP contribution < -0.4 is 21.3 Å². The second-order valence-electron chi connectivity index (χ2n) is 29.9. The van der Waals surface area contributed by atoms with Crippen molar-refractivity contribution in [1.82, 2.24) is 103 Å². The summed E-state index contributed by atoms with van der Waals surface area (Å²) in [6, 6.07) is 57.7. The largest absolute Gasteiger partial charge is 0.333 e. The van der Waals surface area contributed by atoms with E-state index in [-0.39, 0.29) is 48.3 Å². The molecular weight excluding hydrogens is 1390 g/mol. The Morgan fingerprint density at radius 3 is 1.03 bits per heavy atom. The third kappa shape index (κ3) is 15.7. The summed E-state index contributed by atoms with van der Waals surface area (Å²) < 4.78 is 10.7. The highest BCUT2D eigenvalue weighted by Gasteiger charge is 2.32. The second kappa shape index (κ2) is 33.2. The molecule has 4 saturated heterocycles. The highest BCUT2D eigenvalue weighted by Crippen LogP contribution is 2.39. The van der Waals surface area contributed by atoms with Gasteiger partial charge in [-0.2, -0.15) is 0 Å². The molecule has 20 rings (SSSR count). The summed E-state index contributed by atoms with van der Waals surface area (Å²) in [5, 5.41) is 15.2. The molecule has 16 aromatic heterocycles. The van der Waals surface area contributed by atoms with Gasteiger partial charge in [-0.15, -0.1) is 0 Å². The monoisotopic (exact) mass is 1480 g/mol. The van der Waals surface area contributed by atoms with Crippen LogP contribution in [0.5, 0.6) is 0 Å². The van der Waals surface area contributed by atoms with Crippen LogP contribution in [-0.4, -0.2) is 82.0 Å². The number of aryl methyl sites for hydroxylation is 5. The minimum absolute atomic E-state index is 0.233. The van der Waals surface area contributed by atoms with Gasteiger partial charge in [0.15, 0.2) is 0 Å². The number of nitrogens with one attached hydrogen (secondary N) is 4. The van der Waals surface area contributed by atoms with E-state index >= 15 is 0 Å². The minimum atomic E-state index is 0.233. The summed E-state index contributed by atoms with van der Waals surface area (Å²) in [5.74, 6) is 0. The maximum atomic E-state index is 4.94. The summed E-state index contributed by atoms with van der Waals surface area (Å²) in [6.07, 6.45) is 42.6. The van der Waals surface area contributed by atoms with Gasteiger partial charge in [-0.3, -0.25) is 52.5 Å². The number of hydrogen-bond donors (Lipinski definition) is 4. The molecular formula is C91H93N21. The lowest BCUT2D eigenvalue weighted by atomic mass is 9.93. The Kier molecular flexibility index (Phi) is 21.6. The molecule has 4 fully saturated rings. The first-order valence-corrected chi connectivity index (χ1v) is 39.4. The molecule has 0 bridgehead atoms. The molecule has 21 nitrogen and oxygen atoms in total. The number of rotatable bonds is 12. The molecule has 0 unspecified atom stereocenters. The zero-order chi connectivity index (χ0) is 75.9. The first-order valence-electron chi connectivity index (χ1n) is 39.4. The SMILES string of the molecule is Cc1cccnc1[C@@H]1CCC[C@H](c2cn3c(-c4ccccn4)cccc3n2)N1.Cc1cccnc1[C@@H]1CCC[C@H](c2cn3c(-c4cccnc4)cccc3n2)N1.Cc1cccnc1[C@@H]1CCC[C@H](c2cn3c(-c4ccncc4)cccc3n2)N1.Cc1cccnc1[C@@H]1CCC[C@H](c2cn3c(-c4cncn4C)cccc3n2)N1. The van der Waals surface area contributed by atoms with Crippen LogP contribution in [0.2, 0.25) is 0 Å². The third-order valence-corrected chi connectivity index (χ3v) is 22.5. The summed E-state index contributed by atoms with van der Waals surface area (Å²) in [4.78, 5) is 55.4. The molecule has 4 aliphatic heterocycles. The van der Waals surface area contributed by atoms with Crippen molar-refractivity contribution in [3.05, 3.63) is 325 Å². The third-order valence-electron chi connectivity index (χ3n) is 22.5. The number of hydrogen-bond acceptors (Lipinski definition) is 16. The highest BCUT2D eigenvalue weighted by molar-refractivity contribution is 5.66. The fourth-order valence-corrected chi connectivity index (χ4v) is 16.8. The quantitative estimate of drug-likeness (QED) is 0.0892. The van der Waals surface area contributed by atoms with E-state index in [0.29, 0.717) is 0 Å². The molecule has 0 aromatic carbocycles. The van der Waals surface area contributed by atoms with E-state index in [4.69, 9.17) is 19.9 Å². The molecule has 0 amide bonds. The Balaban J connectivity index is 0.000000108. The Hall–Kier alpha value is -12.1. The highest BCUT2D eigenvalue weighted by atomic mass is 15.1. The zero-order valence-electron chi connectivity index (χ0n) is 64.0. The normalized spacial score (nSPS) is 19.8. The van der Waals surface area contributed by atoms with Crippen LogP contribution in [0.15, 0.2) is 257 Å². The van der Waals surface area contributed by atoms with E-state index in [1.807, 2.05) is 140 Å². The van der Waals surface area contributed by atoms with Crippen molar-refractivity contribution in [2.75, 3.05) is 0 Å². The maximum Gasteiger partial charge on any atom is 0.137 e. The van der Waals surface area contributed by atoms with Gasteiger partial charge in [0.05, 0.1) is 141 Å². The fourth-order valence-electron chi connectivity index (χ4n) is 16.8. The van der Waals surface area contributed by atoms with Gasteiger partial charge in [0, 0.05) is 98.7 Å². The van der Waals surface area contributed by atoms with Crippen LogP contribution in [0.1, 0.15) is 193 Å². The van der Waals surface area contributed by atoms with E-state index in [0.717, 1.165) is 165 Å². The number of nitrogens with zero attached hydrogens (tertiary/aromatic N) is 17. The number of aromatic nitrogens is 17. The Bertz CT molecular complexity index is 5440. The molecule has 0 saturated carbocycles. The van der Waals surface area contributed by atoms with Gasteiger partial charge in [0.2, 0.25) is 0 Å². The minimum Gasteiger partial charge on any atom is -0.333 e. The van der Waals surface area contributed by atoms with Gasteiger partial charge in [-0.1, -0.05) is 54.6 Å². The van der Waals surface area contributed by atoms with Crippen molar-refractivity contribution in [1.29, 1.82) is 0 Å². The first kappa shape index (κ1) is 72.7. The van der Waals surface area contributed by atoms with Crippen molar-refractivity contribution in [2.24, 2.45) is 7.05 Å². The van der Waals surface area contributed by atoms with Crippen molar-refractivity contribution >= 4 is 22.6 Å². The van der Waals surface area contributed by atoms with E-state index in [1.54, 1.807) is 6.20 Å².